The van der Waals surface area contributed by atoms with Crippen LogP contribution in [0.5, 0.6) is 11.5 Å². The van der Waals surface area contributed by atoms with Gasteiger partial charge in [0.1, 0.15) is 17.5 Å². The van der Waals surface area contributed by atoms with Crippen molar-refractivity contribution >= 4 is 17.5 Å². The number of carbonyl (C=O) groups is 2. The summed E-state index contributed by atoms with van der Waals surface area (Å²) in [5.74, 6) is 0.897. The molecule has 0 saturated carbocycles. The smallest absolute Gasteiger partial charge is 0.251 e. The summed E-state index contributed by atoms with van der Waals surface area (Å²) in [6.07, 6.45) is 0.176. The number of hydrogen-bond donors (Lipinski definition) is 1. The topological polar surface area (TPSA) is 67.9 Å². The lowest BCUT2D eigenvalue weighted by Crippen LogP contribution is -2.41. The number of anilines is 1. The van der Waals surface area contributed by atoms with E-state index in [-0.39, 0.29) is 24.8 Å². The van der Waals surface area contributed by atoms with Crippen molar-refractivity contribution in [2.75, 3.05) is 19.5 Å². The van der Waals surface area contributed by atoms with Gasteiger partial charge in [0.25, 0.3) is 5.91 Å². The van der Waals surface area contributed by atoms with E-state index < -0.39 is 6.04 Å². The predicted molar refractivity (Wildman–Crippen MR) is 149 cm³/mol. The van der Waals surface area contributed by atoms with Gasteiger partial charge in [-0.3, -0.25) is 9.59 Å². The summed E-state index contributed by atoms with van der Waals surface area (Å²) in [6.45, 7) is 2.29. The fourth-order valence-corrected chi connectivity index (χ4v) is 4.23. The molecule has 38 heavy (non-hydrogen) atoms. The molecule has 0 aromatic heterocycles. The van der Waals surface area contributed by atoms with Crippen LogP contribution in [0.2, 0.25) is 0 Å². The van der Waals surface area contributed by atoms with Gasteiger partial charge in [0.05, 0.1) is 20.6 Å². The fourth-order valence-electron chi connectivity index (χ4n) is 4.23. The van der Waals surface area contributed by atoms with Crippen molar-refractivity contribution in [1.82, 2.24) is 4.90 Å². The van der Waals surface area contributed by atoms with Gasteiger partial charge in [-0.05, 0) is 60.0 Å². The Bertz CT molecular complexity index is 1340. The molecular weight excluding hydrogens is 476 g/mol. The molecule has 1 atom stereocenters. The molecule has 1 unspecified atom stereocenters. The van der Waals surface area contributed by atoms with Crippen LogP contribution in [0.25, 0.3) is 0 Å². The first kappa shape index (κ1) is 26.5. The molecule has 0 spiro atoms. The monoisotopic (exact) mass is 508 g/mol. The van der Waals surface area contributed by atoms with Gasteiger partial charge >= 0.3 is 0 Å². The Labute approximate surface area is 223 Å². The van der Waals surface area contributed by atoms with E-state index >= 15 is 0 Å². The highest BCUT2D eigenvalue weighted by atomic mass is 16.5. The molecule has 194 valence electrons. The van der Waals surface area contributed by atoms with E-state index in [4.69, 9.17) is 9.47 Å². The summed E-state index contributed by atoms with van der Waals surface area (Å²) in [6, 6.07) is 31.1. The Morgan fingerprint density at radius 2 is 1.32 bits per heavy atom. The maximum Gasteiger partial charge on any atom is 0.251 e. The Hall–Kier alpha value is -4.58. The number of hydrogen-bond acceptors (Lipinski definition) is 4. The van der Waals surface area contributed by atoms with Gasteiger partial charge in [-0.15, -0.1) is 0 Å². The molecule has 0 heterocycles. The van der Waals surface area contributed by atoms with Crippen molar-refractivity contribution < 1.29 is 19.1 Å². The molecule has 2 amide bonds. The normalized spacial score (nSPS) is 11.3. The maximum atomic E-state index is 13.9. The molecule has 1 N–H and O–H groups in total. The zero-order valence-corrected chi connectivity index (χ0v) is 21.9. The number of ether oxygens (including phenoxy) is 2. The fraction of sp³-hybridized carbons (Fsp3) is 0.188. The van der Waals surface area contributed by atoms with Gasteiger partial charge in [-0.2, -0.15) is 0 Å². The largest absolute Gasteiger partial charge is 0.497 e. The highest BCUT2D eigenvalue weighted by molar-refractivity contribution is 5.98. The van der Waals surface area contributed by atoms with E-state index in [0.717, 1.165) is 16.7 Å². The lowest BCUT2D eigenvalue weighted by molar-refractivity contribution is -0.139. The van der Waals surface area contributed by atoms with Gasteiger partial charge < -0.3 is 19.7 Å². The lowest BCUT2D eigenvalue weighted by atomic mass is 10.0. The number of rotatable bonds is 10. The van der Waals surface area contributed by atoms with Crippen LogP contribution in [-0.4, -0.2) is 30.9 Å². The van der Waals surface area contributed by atoms with Gasteiger partial charge in [0.15, 0.2) is 0 Å². The van der Waals surface area contributed by atoms with Gasteiger partial charge in [0, 0.05) is 12.2 Å². The third-order valence-electron chi connectivity index (χ3n) is 6.34. The number of benzene rings is 4. The van der Waals surface area contributed by atoms with E-state index in [0.29, 0.717) is 22.7 Å². The molecule has 0 aliphatic heterocycles. The average Bonchev–Trinajstić information content (AvgIpc) is 2.95. The maximum absolute atomic E-state index is 13.9. The lowest BCUT2D eigenvalue weighted by Gasteiger charge is -2.32. The molecule has 4 rings (SSSR count). The summed E-state index contributed by atoms with van der Waals surface area (Å²) in [5.41, 5.74) is 4.24. The van der Waals surface area contributed by atoms with Crippen molar-refractivity contribution in [3.05, 3.63) is 125 Å². The predicted octanol–water partition coefficient (Wildman–Crippen LogP) is 5.96. The molecule has 6 heteroatoms. The number of aryl methyl sites for hydroxylation is 1. The Kier molecular flexibility index (Phi) is 8.77. The first-order chi connectivity index (χ1) is 18.5. The number of carbonyl (C=O) groups excluding carboxylic acids is 2. The molecule has 0 saturated heterocycles. The third-order valence-corrected chi connectivity index (χ3v) is 6.34. The van der Waals surface area contributed by atoms with Gasteiger partial charge in [-0.1, -0.05) is 72.3 Å². The summed E-state index contributed by atoms with van der Waals surface area (Å²) < 4.78 is 10.6. The summed E-state index contributed by atoms with van der Waals surface area (Å²) in [5, 5.41) is 2.99. The number of methoxy groups -OCH3 is 2. The molecule has 0 aliphatic rings. The zero-order chi connectivity index (χ0) is 26.9. The molecule has 4 aromatic rings. The van der Waals surface area contributed by atoms with Crippen LogP contribution in [0.15, 0.2) is 103 Å². The first-order valence-electron chi connectivity index (χ1n) is 12.4. The Morgan fingerprint density at radius 1 is 0.737 bits per heavy atom. The van der Waals surface area contributed by atoms with Crippen LogP contribution >= 0.6 is 0 Å². The van der Waals surface area contributed by atoms with E-state index in [2.05, 4.69) is 5.32 Å². The minimum atomic E-state index is -0.875. The summed E-state index contributed by atoms with van der Waals surface area (Å²) >= 11 is 0. The van der Waals surface area contributed by atoms with E-state index in [9.17, 15) is 9.59 Å². The minimum absolute atomic E-state index is 0.150. The van der Waals surface area contributed by atoms with Crippen LogP contribution in [0.3, 0.4) is 0 Å². The average molecular weight is 509 g/mol. The Morgan fingerprint density at radius 3 is 1.89 bits per heavy atom. The van der Waals surface area contributed by atoms with Gasteiger partial charge in [-0.25, -0.2) is 0 Å². The molecule has 0 aliphatic carbocycles. The van der Waals surface area contributed by atoms with Crippen LogP contribution in [0.1, 0.15) is 28.3 Å². The minimum Gasteiger partial charge on any atom is -0.497 e. The molecule has 0 bridgehead atoms. The highest BCUT2D eigenvalue weighted by Gasteiger charge is 2.32. The van der Waals surface area contributed by atoms with Crippen molar-refractivity contribution in [3.63, 3.8) is 0 Å². The standard InChI is InChI=1S/C32H32N2O4/c1-23-9-11-25(12-10-23)22-34(30(35)21-24-7-5-4-6-8-24)31(26-13-17-28(37-2)18-14-26)32(36)33-27-15-19-29(38-3)20-16-27/h4-20,31H,21-22H2,1-3H3,(H,33,36). The SMILES string of the molecule is COc1ccc(NC(=O)C(c2ccc(OC)cc2)N(Cc2ccc(C)cc2)C(=O)Cc2ccccc2)cc1. The van der Waals surface area contributed by atoms with E-state index in [1.165, 1.54) is 0 Å². The van der Waals surface area contributed by atoms with Crippen LogP contribution in [0, 0.1) is 6.92 Å². The summed E-state index contributed by atoms with van der Waals surface area (Å²) in [4.78, 5) is 29.4. The van der Waals surface area contributed by atoms with E-state index in [1.807, 2.05) is 73.7 Å². The van der Waals surface area contributed by atoms with E-state index in [1.54, 1.807) is 55.5 Å². The Balaban J connectivity index is 1.73. The first-order valence-corrected chi connectivity index (χ1v) is 12.4. The second kappa shape index (κ2) is 12.6. The quantitative estimate of drug-likeness (QED) is 0.287. The van der Waals surface area contributed by atoms with Crippen molar-refractivity contribution in [3.8, 4) is 11.5 Å². The molecule has 4 aromatic carbocycles. The third kappa shape index (κ3) is 6.79. The second-order valence-electron chi connectivity index (χ2n) is 9.06. The molecule has 0 fully saturated rings. The van der Waals surface area contributed by atoms with Crippen LogP contribution in [0.4, 0.5) is 5.69 Å². The van der Waals surface area contributed by atoms with Crippen LogP contribution in [-0.2, 0) is 22.6 Å². The van der Waals surface area contributed by atoms with Crippen LogP contribution < -0.4 is 14.8 Å². The van der Waals surface area contributed by atoms with Gasteiger partial charge in [0.2, 0.25) is 5.91 Å². The highest BCUT2D eigenvalue weighted by Crippen LogP contribution is 2.28. The number of amides is 2. The molecular formula is C32H32N2O4. The van der Waals surface area contributed by atoms with Crippen molar-refractivity contribution in [2.45, 2.75) is 25.9 Å². The number of nitrogens with one attached hydrogen (secondary N) is 1. The molecule has 0 radical (unpaired) electrons. The summed E-state index contributed by atoms with van der Waals surface area (Å²) in [7, 11) is 3.19. The second-order valence-corrected chi connectivity index (χ2v) is 9.06. The van der Waals surface area contributed by atoms with Crippen molar-refractivity contribution in [2.24, 2.45) is 0 Å². The molecule has 6 nitrogen and oxygen atoms in total. The number of nitrogens with zero attached hydrogens (tertiary/aromatic N) is 1. The zero-order valence-electron chi connectivity index (χ0n) is 21.9. The van der Waals surface area contributed by atoms with Crippen molar-refractivity contribution in [1.29, 1.82) is 0 Å².